The maximum absolute atomic E-state index is 6.19. The maximum Gasteiger partial charge on any atom is 0.149 e. The summed E-state index contributed by atoms with van der Waals surface area (Å²) in [6.07, 6.45) is 3.13. The number of nitrogens with zero attached hydrogens (tertiary/aromatic N) is 2. The predicted molar refractivity (Wildman–Crippen MR) is 70.0 cm³/mol. The predicted octanol–water partition coefficient (Wildman–Crippen LogP) is 3.25. The van der Waals surface area contributed by atoms with Crippen LogP contribution in [0.1, 0.15) is 17.7 Å². The van der Waals surface area contributed by atoms with Gasteiger partial charge in [0.2, 0.25) is 0 Å². The van der Waals surface area contributed by atoms with Crippen molar-refractivity contribution >= 4 is 29.0 Å². The van der Waals surface area contributed by atoms with Crippen molar-refractivity contribution in [3.8, 4) is 5.69 Å². The van der Waals surface area contributed by atoms with E-state index in [9.17, 15) is 0 Å². The Morgan fingerprint density at radius 3 is 2.82 bits per heavy atom. The van der Waals surface area contributed by atoms with Crippen LogP contribution in [0, 0.1) is 0 Å². The van der Waals surface area contributed by atoms with Crippen LogP contribution in [0.2, 0.25) is 10.0 Å². The van der Waals surface area contributed by atoms with Crippen LogP contribution < -0.4 is 5.73 Å². The molecule has 0 bridgehead atoms. The van der Waals surface area contributed by atoms with E-state index < -0.39 is 0 Å². The van der Waals surface area contributed by atoms with Crippen molar-refractivity contribution in [1.82, 2.24) is 9.78 Å². The second kappa shape index (κ2) is 3.93. The molecule has 1 aliphatic carbocycles. The summed E-state index contributed by atoms with van der Waals surface area (Å²) in [5, 5.41) is 5.57. The standard InChI is InChI=1S/C12H11Cl2N3/c13-7-4-5-11(9(14)6-7)17-10-3-1-2-8(10)12(15)16-17/h4-6H,1-3H2,(H2,15,16). The first-order chi connectivity index (χ1) is 8.16. The van der Waals surface area contributed by atoms with Crippen LogP contribution in [0.15, 0.2) is 18.2 Å². The molecule has 0 atom stereocenters. The van der Waals surface area contributed by atoms with Gasteiger partial charge in [0.15, 0.2) is 0 Å². The molecule has 0 radical (unpaired) electrons. The number of hydrogen-bond acceptors (Lipinski definition) is 2. The van der Waals surface area contributed by atoms with E-state index in [2.05, 4.69) is 5.10 Å². The topological polar surface area (TPSA) is 43.8 Å². The monoisotopic (exact) mass is 267 g/mol. The Hall–Kier alpha value is -1.19. The minimum absolute atomic E-state index is 0.592. The zero-order valence-corrected chi connectivity index (χ0v) is 10.6. The molecule has 0 unspecified atom stereocenters. The molecule has 0 amide bonds. The number of nitrogens with two attached hydrogens (primary N) is 1. The Morgan fingerprint density at radius 1 is 1.24 bits per heavy atom. The number of fused-ring (bicyclic) bond motifs is 1. The number of anilines is 1. The average Bonchev–Trinajstić information content (AvgIpc) is 2.84. The molecule has 1 aromatic carbocycles. The first-order valence-corrected chi connectivity index (χ1v) is 6.24. The molecule has 1 heterocycles. The highest BCUT2D eigenvalue weighted by Crippen LogP contribution is 2.32. The Labute approximate surface area is 109 Å². The van der Waals surface area contributed by atoms with Crippen molar-refractivity contribution in [3.63, 3.8) is 0 Å². The molecule has 0 saturated carbocycles. The minimum atomic E-state index is 0.592. The molecule has 2 aromatic rings. The third-order valence-electron chi connectivity index (χ3n) is 3.10. The van der Waals surface area contributed by atoms with Gasteiger partial charge in [-0.05, 0) is 37.5 Å². The van der Waals surface area contributed by atoms with Crippen molar-refractivity contribution in [1.29, 1.82) is 0 Å². The fourth-order valence-electron chi connectivity index (χ4n) is 2.32. The molecule has 1 aromatic heterocycles. The first kappa shape index (κ1) is 10.9. The highest BCUT2D eigenvalue weighted by atomic mass is 35.5. The SMILES string of the molecule is Nc1nn(-c2ccc(Cl)cc2Cl)c2c1CCC2. The minimum Gasteiger partial charge on any atom is -0.382 e. The second-order valence-electron chi connectivity index (χ2n) is 4.17. The number of nitrogen functional groups attached to an aromatic ring is 1. The van der Waals surface area contributed by atoms with E-state index in [0.29, 0.717) is 15.9 Å². The van der Waals surface area contributed by atoms with E-state index in [0.717, 1.165) is 30.5 Å². The molecule has 2 N–H and O–H groups in total. The number of halogens is 2. The first-order valence-electron chi connectivity index (χ1n) is 5.48. The highest BCUT2D eigenvalue weighted by Gasteiger charge is 2.22. The van der Waals surface area contributed by atoms with E-state index in [1.807, 2.05) is 16.8 Å². The van der Waals surface area contributed by atoms with E-state index in [1.165, 1.54) is 5.69 Å². The summed E-state index contributed by atoms with van der Waals surface area (Å²) in [6, 6.07) is 5.40. The lowest BCUT2D eigenvalue weighted by atomic mass is 10.2. The Kier molecular flexibility index (Phi) is 2.53. The van der Waals surface area contributed by atoms with Crippen molar-refractivity contribution in [2.75, 3.05) is 5.73 Å². The molecule has 17 heavy (non-hydrogen) atoms. The van der Waals surface area contributed by atoms with Gasteiger partial charge in [0.05, 0.1) is 10.7 Å². The lowest BCUT2D eigenvalue weighted by Crippen LogP contribution is -2.02. The van der Waals surface area contributed by atoms with E-state index >= 15 is 0 Å². The lowest BCUT2D eigenvalue weighted by molar-refractivity contribution is 0.788. The third-order valence-corrected chi connectivity index (χ3v) is 3.64. The Balaban J connectivity index is 2.19. The number of rotatable bonds is 1. The Morgan fingerprint density at radius 2 is 2.06 bits per heavy atom. The summed E-state index contributed by atoms with van der Waals surface area (Å²) in [7, 11) is 0. The van der Waals surface area contributed by atoms with Crippen LogP contribution in [0.25, 0.3) is 5.69 Å². The van der Waals surface area contributed by atoms with Gasteiger partial charge in [-0.25, -0.2) is 4.68 Å². The molecule has 88 valence electrons. The molecule has 1 aliphatic rings. The normalized spacial score (nSPS) is 14.0. The van der Waals surface area contributed by atoms with E-state index in [1.54, 1.807) is 6.07 Å². The van der Waals surface area contributed by atoms with Gasteiger partial charge in [0.1, 0.15) is 5.82 Å². The maximum atomic E-state index is 6.19. The zero-order chi connectivity index (χ0) is 12.0. The third kappa shape index (κ3) is 1.70. The molecule has 3 nitrogen and oxygen atoms in total. The number of aromatic nitrogens is 2. The number of hydrogen-bond donors (Lipinski definition) is 1. The molecule has 3 rings (SSSR count). The molecular weight excluding hydrogens is 257 g/mol. The quantitative estimate of drug-likeness (QED) is 0.862. The van der Waals surface area contributed by atoms with Crippen molar-refractivity contribution in [2.45, 2.75) is 19.3 Å². The molecule has 0 saturated heterocycles. The van der Waals surface area contributed by atoms with Crippen LogP contribution in [0.4, 0.5) is 5.82 Å². The van der Waals surface area contributed by atoms with Crippen LogP contribution in [-0.4, -0.2) is 9.78 Å². The van der Waals surface area contributed by atoms with E-state index in [-0.39, 0.29) is 0 Å². The summed E-state index contributed by atoms with van der Waals surface area (Å²) in [4.78, 5) is 0. The fraction of sp³-hybridized carbons (Fsp3) is 0.250. The summed E-state index contributed by atoms with van der Waals surface area (Å²) in [5.74, 6) is 0.614. The van der Waals surface area contributed by atoms with Crippen LogP contribution >= 0.6 is 23.2 Å². The van der Waals surface area contributed by atoms with Gasteiger partial charge in [-0.3, -0.25) is 0 Å². The molecule has 0 fully saturated rings. The van der Waals surface area contributed by atoms with E-state index in [4.69, 9.17) is 28.9 Å². The smallest absolute Gasteiger partial charge is 0.149 e. The lowest BCUT2D eigenvalue weighted by Gasteiger charge is -2.07. The van der Waals surface area contributed by atoms with Crippen molar-refractivity contribution in [2.24, 2.45) is 0 Å². The fourth-order valence-corrected chi connectivity index (χ4v) is 2.81. The zero-order valence-electron chi connectivity index (χ0n) is 9.08. The average molecular weight is 268 g/mol. The van der Waals surface area contributed by atoms with Gasteiger partial charge >= 0.3 is 0 Å². The summed E-state index contributed by atoms with van der Waals surface area (Å²) in [5.41, 5.74) is 9.08. The van der Waals surface area contributed by atoms with Crippen molar-refractivity contribution in [3.05, 3.63) is 39.5 Å². The van der Waals surface area contributed by atoms with Gasteiger partial charge < -0.3 is 5.73 Å². The van der Waals surface area contributed by atoms with Crippen molar-refractivity contribution < 1.29 is 0 Å². The van der Waals surface area contributed by atoms with Crippen LogP contribution in [0.3, 0.4) is 0 Å². The van der Waals surface area contributed by atoms with Gasteiger partial charge in [0.25, 0.3) is 0 Å². The molecule has 5 heteroatoms. The van der Waals surface area contributed by atoms with Crippen LogP contribution in [0.5, 0.6) is 0 Å². The summed E-state index contributed by atoms with van der Waals surface area (Å²) in [6.45, 7) is 0. The van der Waals surface area contributed by atoms with Gasteiger partial charge in [-0.1, -0.05) is 23.2 Å². The summed E-state index contributed by atoms with van der Waals surface area (Å²) >= 11 is 12.1. The van der Waals surface area contributed by atoms with Crippen LogP contribution in [-0.2, 0) is 12.8 Å². The second-order valence-corrected chi connectivity index (χ2v) is 5.02. The molecule has 0 spiro atoms. The highest BCUT2D eigenvalue weighted by molar-refractivity contribution is 6.35. The molecular formula is C12H11Cl2N3. The van der Waals surface area contributed by atoms with Gasteiger partial charge in [0, 0.05) is 16.3 Å². The molecule has 0 aliphatic heterocycles. The van der Waals surface area contributed by atoms with Gasteiger partial charge in [-0.2, -0.15) is 5.10 Å². The largest absolute Gasteiger partial charge is 0.382 e. The number of benzene rings is 1. The summed E-state index contributed by atoms with van der Waals surface area (Å²) < 4.78 is 1.84. The van der Waals surface area contributed by atoms with Gasteiger partial charge in [-0.15, -0.1) is 0 Å². The Bertz CT molecular complexity index is 590.